The number of benzene rings is 1. The third kappa shape index (κ3) is 2.87. The average molecular weight is 286 g/mol. The van der Waals surface area contributed by atoms with Crippen molar-refractivity contribution in [1.82, 2.24) is 10.2 Å². The highest BCUT2D eigenvalue weighted by molar-refractivity contribution is 5.30. The molecule has 1 saturated carbocycles. The molecular weight excluding hydrogens is 260 g/mol. The molecule has 1 aliphatic carbocycles. The first-order chi connectivity index (χ1) is 10.4. The molecule has 0 radical (unpaired) electrons. The third-order valence-electron chi connectivity index (χ3n) is 5.47. The summed E-state index contributed by atoms with van der Waals surface area (Å²) in [5.74, 6) is 0. The Morgan fingerprint density at radius 2 is 2.00 bits per heavy atom. The minimum absolute atomic E-state index is 0.503. The van der Waals surface area contributed by atoms with E-state index in [-0.39, 0.29) is 0 Å². The molecule has 2 heterocycles. The molecule has 3 nitrogen and oxygen atoms in total. The van der Waals surface area contributed by atoms with Crippen molar-refractivity contribution >= 4 is 0 Å². The van der Waals surface area contributed by atoms with Crippen LogP contribution in [0.1, 0.15) is 36.8 Å². The Morgan fingerprint density at radius 3 is 2.95 bits per heavy atom. The first-order valence-electron chi connectivity index (χ1n) is 8.56. The van der Waals surface area contributed by atoms with E-state index in [2.05, 4.69) is 34.5 Å². The summed E-state index contributed by atoms with van der Waals surface area (Å²) in [5.41, 5.74) is 3.01. The number of rotatable bonds is 2. The molecule has 0 aromatic heterocycles. The molecule has 2 aliphatic heterocycles. The number of nitrogens with one attached hydrogen (secondary N) is 1. The Hall–Kier alpha value is -0.900. The monoisotopic (exact) mass is 286 g/mol. The Kier molecular flexibility index (Phi) is 3.97. The van der Waals surface area contributed by atoms with Crippen molar-refractivity contribution in [3.8, 4) is 0 Å². The molecule has 1 N–H and O–H groups in total. The van der Waals surface area contributed by atoms with Crippen LogP contribution in [0, 0.1) is 0 Å². The summed E-state index contributed by atoms with van der Waals surface area (Å²) in [6.07, 6.45) is 7.00. The van der Waals surface area contributed by atoms with Crippen molar-refractivity contribution < 1.29 is 4.74 Å². The summed E-state index contributed by atoms with van der Waals surface area (Å²) in [4.78, 5) is 2.71. The van der Waals surface area contributed by atoms with Gasteiger partial charge >= 0.3 is 0 Å². The fourth-order valence-electron chi connectivity index (χ4n) is 4.34. The number of nitrogens with zero attached hydrogens (tertiary/aromatic N) is 1. The molecule has 0 amide bonds. The molecule has 1 saturated heterocycles. The van der Waals surface area contributed by atoms with Crippen molar-refractivity contribution in [3.05, 3.63) is 35.4 Å². The zero-order chi connectivity index (χ0) is 14.1. The van der Waals surface area contributed by atoms with Crippen LogP contribution in [0.15, 0.2) is 24.3 Å². The van der Waals surface area contributed by atoms with Crippen molar-refractivity contribution in [2.24, 2.45) is 0 Å². The zero-order valence-corrected chi connectivity index (χ0v) is 12.8. The van der Waals surface area contributed by atoms with E-state index < -0.39 is 0 Å². The highest BCUT2D eigenvalue weighted by atomic mass is 16.5. The van der Waals surface area contributed by atoms with E-state index >= 15 is 0 Å². The standard InChI is InChI=1S/C18H26N2O/c1-2-6-15-12-19-16(11-14(15)5-1)13-20-9-10-21-18-8-4-3-7-17(18)20/h1-2,5-6,16-19H,3-4,7-13H2. The molecule has 0 spiro atoms. The van der Waals surface area contributed by atoms with E-state index in [1.54, 1.807) is 0 Å². The van der Waals surface area contributed by atoms with Gasteiger partial charge in [0.15, 0.2) is 0 Å². The second-order valence-corrected chi connectivity index (χ2v) is 6.81. The number of hydrogen-bond acceptors (Lipinski definition) is 3. The van der Waals surface area contributed by atoms with Gasteiger partial charge in [-0.25, -0.2) is 0 Å². The molecule has 3 atom stereocenters. The summed E-state index contributed by atoms with van der Waals surface area (Å²) >= 11 is 0. The maximum atomic E-state index is 6.00. The Bertz CT molecular complexity index is 488. The Labute approximate surface area is 127 Å². The smallest absolute Gasteiger partial charge is 0.0730 e. The second kappa shape index (κ2) is 6.07. The summed E-state index contributed by atoms with van der Waals surface area (Å²) in [5, 5.41) is 3.74. The first kappa shape index (κ1) is 13.7. The van der Waals surface area contributed by atoms with Gasteiger partial charge in [0.25, 0.3) is 0 Å². The van der Waals surface area contributed by atoms with E-state index in [0.29, 0.717) is 18.2 Å². The van der Waals surface area contributed by atoms with Gasteiger partial charge in [0.05, 0.1) is 12.7 Å². The van der Waals surface area contributed by atoms with E-state index in [1.165, 1.54) is 49.8 Å². The summed E-state index contributed by atoms with van der Waals surface area (Å²) in [6.45, 7) is 4.24. The molecular formula is C18H26N2O. The van der Waals surface area contributed by atoms with Crippen LogP contribution in [0.25, 0.3) is 0 Å². The Balaban J connectivity index is 1.42. The van der Waals surface area contributed by atoms with E-state index in [0.717, 1.165) is 19.7 Å². The van der Waals surface area contributed by atoms with Crippen molar-refractivity contribution in [3.63, 3.8) is 0 Å². The molecule has 4 rings (SSSR count). The fraction of sp³-hybridized carbons (Fsp3) is 0.667. The highest BCUT2D eigenvalue weighted by Crippen LogP contribution is 2.29. The predicted octanol–water partition coefficient (Wildman–Crippen LogP) is 2.34. The van der Waals surface area contributed by atoms with Crippen LogP contribution in [0.2, 0.25) is 0 Å². The lowest BCUT2D eigenvalue weighted by Gasteiger charge is -2.45. The minimum atomic E-state index is 0.503. The maximum absolute atomic E-state index is 6.00. The lowest BCUT2D eigenvalue weighted by Crippen LogP contribution is -2.56. The minimum Gasteiger partial charge on any atom is -0.375 e. The van der Waals surface area contributed by atoms with E-state index in [9.17, 15) is 0 Å². The van der Waals surface area contributed by atoms with Gasteiger partial charge < -0.3 is 10.1 Å². The summed E-state index contributed by atoms with van der Waals surface area (Å²) in [6, 6.07) is 10.1. The van der Waals surface area contributed by atoms with Crippen LogP contribution < -0.4 is 5.32 Å². The SMILES string of the molecule is c1ccc2c(c1)CNC(CN1CCOC3CCCCC31)C2. The van der Waals surface area contributed by atoms with Crippen molar-refractivity contribution in [2.75, 3.05) is 19.7 Å². The van der Waals surface area contributed by atoms with Crippen LogP contribution in [0.3, 0.4) is 0 Å². The van der Waals surface area contributed by atoms with Gasteiger partial charge in [-0.2, -0.15) is 0 Å². The van der Waals surface area contributed by atoms with Gasteiger partial charge in [-0.05, 0) is 30.4 Å². The topological polar surface area (TPSA) is 24.5 Å². The molecule has 1 aromatic carbocycles. The van der Waals surface area contributed by atoms with Gasteiger partial charge in [-0.15, -0.1) is 0 Å². The van der Waals surface area contributed by atoms with E-state index in [4.69, 9.17) is 4.74 Å². The largest absolute Gasteiger partial charge is 0.375 e. The average Bonchev–Trinajstić information content (AvgIpc) is 2.55. The molecule has 1 aromatic rings. The number of fused-ring (bicyclic) bond motifs is 2. The van der Waals surface area contributed by atoms with Crippen molar-refractivity contribution in [1.29, 1.82) is 0 Å². The van der Waals surface area contributed by atoms with Gasteiger partial charge in [-0.3, -0.25) is 4.90 Å². The third-order valence-corrected chi connectivity index (χ3v) is 5.47. The lowest BCUT2D eigenvalue weighted by atomic mass is 9.89. The summed E-state index contributed by atoms with van der Waals surface area (Å²) in [7, 11) is 0. The molecule has 3 heteroatoms. The maximum Gasteiger partial charge on any atom is 0.0730 e. The second-order valence-electron chi connectivity index (χ2n) is 6.81. The van der Waals surface area contributed by atoms with Gasteiger partial charge in [-0.1, -0.05) is 37.1 Å². The van der Waals surface area contributed by atoms with Gasteiger partial charge in [0.2, 0.25) is 0 Å². The quantitative estimate of drug-likeness (QED) is 0.903. The first-order valence-corrected chi connectivity index (χ1v) is 8.56. The molecule has 2 fully saturated rings. The number of ether oxygens (including phenoxy) is 1. The highest BCUT2D eigenvalue weighted by Gasteiger charge is 2.35. The van der Waals surface area contributed by atoms with Crippen LogP contribution in [-0.2, 0) is 17.7 Å². The normalized spacial score (nSPS) is 33.2. The molecule has 3 unspecified atom stereocenters. The van der Waals surface area contributed by atoms with Crippen LogP contribution >= 0.6 is 0 Å². The number of morpholine rings is 1. The Morgan fingerprint density at radius 1 is 1.14 bits per heavy atom. The van der Waals surface area contributed by atoms with E-state index in [1.807, 2.05) is 0 Å². The fourth-order valence-corrected chi connectivity index (χ4v) is 4.34. The molecule has 0 bridgehead atoms. The van der Waals surface area contributed by atoms with Crippen molar-refractivity contribution in [2.45, 2.75) is 56.8 Å². The lowest BCUT2D eigenvalue weighted by molar-refractivity contribution is -0.0903. The molecule has 21 heavy (non-hydrogen) atoms. The zero-order valence-electron chi connectivity index (χ0n) is 12.8. The van der Waals surface area contributed by atoms with Crippen LogP contribution in [-0.4, -0.2) is 42.8 Å². The van der Waals surface area contributed by atoms with Crippen LogP contribution in [0.5, 0.6) is 0 Å². The molecule has 3 aliphatic rings. The number of hydrogen-bond donors (Lipinski definition) is 1. The van der Waals surface area contributed by atoms with Gasteiger partial charge in [0, 0.05) is 31.7 Å². The predicted molar refractivity (Wildman–Crippen MR) is 84.3 cm³/mol. The summed E-state index contributed by atoms with van der Waals surface area (Å²) < 4.78 is 6.00. The van der Waals surface area contributed by atoms with Gasteiger partial charge in [0.1, 0.15) is 0 Å². The molecule has 114 valence electrons. The van der Waals surface area contributed by atoms with Crippen LogP contribution in [0.4, 0.5) is 0 Å².